The van der Waals surface area contributed by atoms with Crippen LogP contribution in [-0.4, -0.2) is 41.0 Å². The molecule has 0 heterocycles. The Hall–Kier alpha value is -1.66. The van der Waals surface area contributed by atoms with Crippen LogP contribution >= 0.6 is 11.6 Å². The Kier molecular flexibility index (Phi) is 6.58. The average Bonchev–Trinajstić information content (AvgIpc) is 2.40. The molecule has 0 bridgehead atoms. The summed E-state index contributed by atoms with van der Waals surface area (Å²) in [5.74, 6) is -1.66. The molecule has 0 fully saturated rings. The van der Waals surface area contributed by atoms with Crippen LogP contribution in [0.1, 0.15) is 19.4 Å². The summed E-state index contributed by atoms with van der Waals surface area (Å²) >= 11 is 5.83. The fraction of sp³-hybridized carbons (Fsp3) is 0.429. The van der Waals surface area contributed by atoms with Gasteiger partial charge in [-0.2, -0.15) is 0 Å². The maximum absolute atomic E-state index is 13.7. The number of hydrogen-bond acceptors (Lipinski definition) is 3. The van der Waals surface area contributed by atoms with E-state index in [2.05, 4.69) is 5.32 Å². The Morgan fingerprint density at radius 3 is 2.71 bits per heavy atom. The fourth-order valence-corrected chi connectivity index (χ4v) is 2.02. The normalized spacial score (nSPS) is 12.2. The SMILES string of the molecule is CC(=O)NCCN(Cc1cc(Cl)ccc1F)C(C)C(=O)O. The van der Waals surface area contributed by atoms with Gasteiger partial charge in [0.15, 0.2) is 0 Å². The predicted molar refractivity (Wildman–Crippen MR) is 77.6 cm³/mol. The van der Waals surface area contributed by atoms with Crippen molar-refractivity contribution in [3.63, 3.8) is 0 Å². The summed E-state index contributed by atoms with van der Waals surface area (Å²) in [5, 5.41) is 12.1. The quantitative estimate of drug-likeness (QED) is 0.806. The number of carbonyl (C=O) groups excluding carboxylic acids is 1. The van der Waals surface area contributed by atoms with Gasteiger partial charge >= 0.3 is 5.97 Å². The zero-order chi connectivity index (χ0) is 16.0. The Balaban J connectivity index is 2.82. The van der Waals surface area contributed by atoms with Gasteiger partial charge in [0, 0.05) is 37.1 Å². The van der Waals surface area contributed by atoms with E-state index in [4.69, 9.17) is 16.7 Å². The van der Waals surface area contributed by atoms with Crippen molar-refractivity contribution >= 4 is 23.5 Å². The first-order valence-corrected chi connectivity index (χ1v) is 6.84. The molecule has 5 nitrogen and oxygen atoms in total. The highest BCUT2D eigenvalue weighted by molar-refractivity contribution is 6.30. The van der Waals surface area contributed by atoms with Crippen molar-refractivity contribution in [1.29, 1.82) is 0 Å². The molecule has 1 aromatic rings. The minimum absolute atomic E-state index is 0.0967. The molecule has 116 valence electrons. The number of nitrogens with zero attached hydrogens (tertiary/aromatic N) is 1. The van der Waals surface area contributed by atoms with Crippen molar-refractivity contribution in [2.45, 2.75) is 26.4 Å². The molecule has 1 aromatic carbocycles. The highest BCUT2D eigenvalue weighted by Gasteiger charge is 2.21. The van der Waals surface area contributed by atoms with Crippen LogP contribution in [0.2, 0.25) is 5.02 Å². The molecule has 7 heteroatoms. The number of rotatable bonds is 7. The Labute approximate surface area is 127 Å². The Bertz CT molecular complexity index is 525. The van der Waals surface area contributed by atoms with Crippen LogP contribution in [-0.2, 0) is 16.1 Å². The number of carboxylic acids is 1. The Morgan fingerprint density at radius 1 is 1.48 bits per heavy atom. The highest BCUT2D eigenvalue weighted by Crippen LogP contribution is 2.17. The molecule has 1 atom stereocenters. The third-order valence-corrected chi connectivity index (χ3v) is 3.29. The number of amides is 1. The maximum Gasteiger partial charge on any atom is 0.320 e. The monoisotopic (exact) mass is 316 g/mol. The van der Waals surface area contributed by atoms with Gasteiger partial charge in [0.1, 0.15) is 11.9 Å². The van der Waals surface area contributed by atoms with Crippen molar-refractivity contribution in [2.24, 2.45) is 0 Å². The van der Waals surface area contributed by atoms with Gasteiger partial charge in [-0.25, -0.2) is 4.39 Å². The molecule has 0 aromatic heterocycles. The van der Waals surface area contributed by atoms with Crippen LogP contribution in [0.15, 0.2) is 18.2 Å². The molecular formula is C14H18ClFN2O3. The van der Waals surface area contributed by atoms with Crippen molar-refractivity contribution in [2.75, 3.05) is 13.1 Å². The number of aliphatic carboxylic acids is 1. The van der Waals surface area contributed by atoms with Gasteiger partial charge in [-0.15, -0.1) is 0 Å². The van der Waals surface area contributed by atoms with Crippen molar-refractivity contribution < 1.29 is 19.1 Å². The summed E-state index contributed by atoms with van der Waals surface area (Å²) in [4.78, 5) is 23.6. The van der Waals surface area contributed by atoms with E-state index in [0.717, 1.165) is 0 Å². The van der Waals surface area contributed by atoms with E-state index in [9.17, 15) is 14.0 Å². The molecule has 0 aliphatic rings. The smallest absolute Gasteiger partial charge is 0.320 e. The molecule has 0 radical (unpaired) electrons. The van der Waals surface area contributed by atoms with E-state index in [0.29, 0.717) is 17.1 Å². The molecule has 0 aliphatic heterocycles. The predicted octanol–water partition coefficient (Wildman–Crippen LogP) is 1.89. The molecule has 0 saturated heterocycles. The third-order valence-electron chi connectivity index (χ3n) is 3.06. The van der Waals surface area contributed by atoms with Crippen LogP contribution in [0.5, 0.6) is 0 Å². The lowest BCUT2D eigenvalue weighted by Crippen LogP contribution is -2.42. The summed E-state index contributed by atoms with van der Waals surface area (Å²) in [6, 6.07) is 3.34. The van der Waals surface area contributed by atoms with Gasteiger partial charge in [-0.05, 0) is 25.1 Å². The largest absolute Gasteiger partial charge is 0.480 e. The van der Waals surface area contributed by atoms with Crippen LogP contribution in [0.3, 0.4) is 0 Å². The molecule has 2 N–H and O–H groups in total. The van der Waals surface area contributed by atoms with E-state index >= 15 is 0 Å². The van der Waals surface area contributed by atoms with Gasteiger partial charge in [0.2, 0.25) is 5.91 Å². The lowest BCUT2D eigenvalue weighted by Gasteiger charge is -2.26. The highest BCUT2D eigenvalue weighted by atomic mass is 35.5. The fourth-order valence-electron chi connectivity index (χ4n) is 1.82. The standard InChI is InChI=1S/C14H18ClFN2O3/c1-9(14(20)21)18(6-5-17-10(2)19)8-11-7-12(15)3-4-13(11)16/h3-4,7,9H,5-6,8H2,1-2H3,(H,17,19)(H,20,21). The van der Waals surface area contributed by atoms with Crippen molar-refractivity contribution in [1.82, 2.24) is 10.2 Å². The zero-order valence-corrected chi connectivity index (χ0v) is 12.7. The first kappa shape index (κ1) is 17.4. The van der Waals surface area contributed by atoms with Crippen LogP contribution in [0.25, 0.3) is 0 Å². The molecule has 0 saturated carbocycles. The molecule has 1 amide bonds. The number of halogens is 2. The summed E-state index contributed by atoms with van der Waals surface area (Å²) in [6.45, 7) is 3.56. The van der Waals surface area contributed by atoms with Gasteiger partial charge in [-0.3, -0.25) is 14.5 Å². The first-order valence-electron chi connectivity index (χ1n) is 6.46. The number of hydrogen-bond donors (Lipinski definition) is 2. The van der Waals surface area contributed by atoms with E-state index in [-0.39, 0.29) is 19.0 Å². The lowest BCUT2D eigenvalue weighted by molar-refractivity contribution is -0.142. The van der Waals surface area contributed by atoms with Crippen molar-refractivity contribution in [3.05, 3.63) is 34.6 Å². The minimum atomic E-state index is -1.01. The molecule has 1 unspecified atom stereocenters. The molecule has 21 heavy (non-hydrogen) atoms. The second-order valence-corrected chi connectivity index (χ2v) is 5.14. The Morgan fingerprint density at radius 2 is 2.14 bits per heavy atom. The van der Waals surface area contributed by atoms with Gasteiger partial charge in [0.05, 0.1) is 0 Å². The molecule has 0 aliphatic carbocycles. The van der Waals surface area contributed by atoms with E-state index in [1.54, 1.807) is 4.90 Å². The second kappa shape index (κ2) is 7.95. The zero-order valence-electron chi connectivity index (χ0n) is 11.9. The van der Waals surface area contributed by atoms with Gasteiger partial charge in [-0.1, -0.05) is 11.6 Å². The van der Waals surface area contributed by atoms with Crippen LogP contribution in [0.4, 0.5) is 4.39 Å². The number of benzene rings is 1. The average molecular weight is 317 g/mol. The van der Waals surface area contributed by atoms with Crippen molar-refractivity contribution in [3.8, 4) is 0 Å². The molecule has 1 rings (SSSR count). The topological polar surface area (TPSA) is 69.6 Å². The van der Waals surface area contributed by atoms with E-state index in [1.807, 2.05) is 0 Å². The number of carboxylic acid groups (broad SMARTS) is 1. The lowest BCUT2D eigenvalue weighted by atomic mass is 10.1. The van der Waals surface area contributed by atoms with E-state index < -0.39 is 17.8 Å². The van der Waals surface area contributed by atoms with Gasteiger partial charge < -0.3 is 10.4 Å². The van der Waals surface area contributed by atoms with Crippen LogP contribution in [0, 0.1) is 5.82 Å². The maximum atomic E-state index is 13.7. The summed E-state index contributed by atoms with van der Waals surface area (Å²) in [5.41, 5.74) is 0.318. The second-order valence-electron chi connectivity index (χ2n) is 4.70. The first-order chi connectivity index (χ1) is 9.81. The molecule has 0 spiro atoms. The molecular weight excluding hydrogens is 299 g/mol. The third kappa shape index (κ3) is 5.69. The van der Waals surface area contributed by atoms with E-state index in [1.165, 1.54) is 32.0 Å². The number of carbonyl (C=O) groups is 2. The summed E-state index contributed by atoms with van der Waals surface area (Å²) in [6.07, 6.45) is 0. The van der Waals surface area contributed by atoms with Crippen LogP contribution < -0.4 is 5.32 Å². The summed E-state index contributed by atoms with van der Waals surface area (Å²) in [7, 11) is 0. The number of nitrogens with one attached hydrogen (secondary N) is 1. The van der Waals surface area contributed by atoms with Gasteiger partial charge in [0.25, 0.3) is 0 Å². The minimum Gasteiger partial charge on any atom is -0.480 e. The summed E-state index contributed by atoms with van der Waals surface area (Å²) < 4.78 is 13.7.